The van der Waals surface area contributed by atoms with E-state index in [2.05, 4.69) is 25.0 Å². The molecule has 0 atom stereocenters. The van der Waals surface area contributed by atoms with Crippen molar-refractivity contribution in [2.24, 2.45) is 0 Å². The minimum atomic E-state index is -4.92. The third-order valence-electron chi connectivity index (χ3n) is 6.08. The van der Waals surface area contributed by atoms with E-state index in [0.29, 0.717) is 5.56 Å². The summed E-state index contributed by atoms with van der Waals surface area (Å²) in [7, 11) is -9.09. The van der Waals surface area contributed by atoms with Crippen molar-refractivity contribution in [2.45, 2.75) is 111 Å². The zero-order valence-corrected chi connectivity index (χ0v) is 27.8. The van der Waals surface area contributed by atoms with Crippen LogP contribution in [0.15, 0.2) is 36.4 Å². The molecule has 0 bridgehead atoms. The van der Waals surface area contributed by atoms with Crippen LogP contribution < -0.4 is 8.37 Å². The van der Waals surface area contributed by atoms with E-state index in [0.717, 1.165) is 16.7 Å². The molecule has 0 aliphatic heterocycles. The van der Waals surface area contributed by atoms with Gasteiger partial charge in [0.2, 0.25) is 6.01 Å². The van der Waals surface area contributed by atoms with E-state index in [9.17, 15) is 30.0 Å². The van der Waals surface area contributed by atoms with Crippen LogP contribution in [0.25, 0.3) is 0 Å². The zero-order valence-electron chi connectivity index (χ0n) is 26.1. The van der Waals surface area contributed by atoms with Gasteiger partial charge in [-0.05, 0) is 44.9 Å². The largest absolute Gasteiger partial charge is 0.380 e. The minimum absolute atomic E-state index is 0.0456. The number of rotatable bonds is 6. The highest BCUT2D eigenvalue weighted by Crippen LogP contribution is 2.37. The lowest BCUT2D eigenvalue weighted by molar-refractivity contribution is 0.219. The zero-order chi connectivity index (χ0) is 32.4. The molecule has 0 radical (unpaired) electrons. The molecule has 2 aromatic rings. The second-order valence-electron chi connectivity index (χ2n) is 14.0. The van der Waals surface area contributed by atoms with Crippen LogP contribution in [0.3, 0.4) is 0 Å². The van der Waals surface area contributed by atoms with Crippen molar-refractivity contribution in [3.8, 4) is 11.5 Å². The molecule has 11 heteroatoms. The second-order valence-corrected chi connectivity index (χ2v) is 17.0. The molecule has 41 heavy (non-hydrogen) atoms. The molecule has 0 heterocycles. The van der Waals surface area contributed by atoms with E-state index in [4.69, 9.17) is 4.18 Å². The predicted molar refractivity (Wildman–Crippen MR) is 159 cm³/mol. The van der Waals surface area contributed by atoms with Crippen molar-refractivity contribution in [1.82, 2.24) is 0 Å². The average molecular weight is 623 g/mol. The Bertz CT molecular complexity index is 1410. The third-order valence-corrected chi connectivity index (χ3v) is 7.63. The van der Waals surface area contributed by atoms with E-state index < -0.39 is 37.4 Å². The molecular weight excluding hydrogens is 577 g/mol. The molecule has 2 rings (SSSR count). The van der Waals surface area contributed by atoms with Gasteiger partial charge in [0.25, 0.3) is 0 Å². The van der Waals surface area contributed by atoms with Crippen LogP contribution >= 0.6 is 0 Å². The first-order chi connectivity index (χ1) is 18.1. The van der Waals surface area contributed by atoms with Gasteiger partial charge < -0.3 is 8.37 Å². The van der Waals surface area contributed by atoms with Crippen LogP contribution in [-0.4, -0.2) is 28.6 Å². The Morgan fingerprint density at radius 2 is 0.951 bits per heavy atom. The summed E-state index contributed by atoms with van der Waals surface area (Å²) in [5, 5.41) is 0. The fraction of sp³-hybridized carbons (Fsp3) is 0.600. The van der Waals surface area contributed by atoms with E-state index in [1.165, 1.54) is 6.07 Å². The van der Waals surface area contributed by atoms with Gasteiger partial charge in [0, 0.05) is 11.1 Å². The SMILES string of the molecule is CC(C)(C)c1ccc(OS(=O)(=O)C(F)F)c(C(C)(C)C)c1.CC(C)(C)c1ccc(OS(=O)(=O)CF)c(C(C)(C)C)c1. The van der Waals surface area contributed by atoms with Crippen LogP contribution in [0.1, 0.15) is 105 Å². The lowest BCUT2D eigenvalue weighted by Gasteiger charge is -2.26. The molecule has 234 valence electrons. The maximum atomic E-state index is 12.5. The molecule has 6 nitrogen and oxygen atoms in total. The fourth-order valence-corrected chi connectivity index (χ4v) is 4.56. The lowest BCUT2D eigenvalue weighted by atomic mass is 9.80. The summed E-state index contributed by atoms with van der Waals surface area (Å²) in [5.74, 6) is -3.41. The van der Waals surface area contributed by atoms with E-state index in [1.54, 1.807) is 12.1 Å². The summed E-state index contributed by atoms with van der Waals surface area (Å²) >= 11 is 0. The third kappa shape index (κ3) is 10.8. The summed E-state index contributed by atoms with van der Waals surface area (Å²) in [4.78, 5) is 0. The maximum Gasteiger partial charge on any atom is 0.372 e. The molecule has 2 aromatic carbocycles. The first kappa shape index (κ1) is 36.8. The Labute approximate surface area is 244 Å². The number of hydrogen-bond donors (Lipinski definition) is 0. The van der Waals surface area contributed by atoms with Crippen LogP contribution in [0.5, 0.6) is 11.5 Å². The van der Waals surface area contributed by atoms with Gasteiger partial charge in [0.05, 0.1) is 0 Å². The topological polar surface area (TPSA) is 86.7 Å². The Kier molecular flexibility index (Phi) is 11.2. The Morgan fingerprint density at radius 1 is 0.610 bits per heavy atom. The Balaban J connectivity index is 0.000000410. The van der Waals surface area contributed by atoms with Crippen LogP contribution in [0.4, 0.5) is 13.2 Å². The van der Waals surface area contributed by atoms with E-state index >= 15 is 0 Å². The smallest absolute Gasteiger partial charge is 0.372 e. The van der Waals surface area contributed by atoms with Gasteiger partial charge in [0.15, 0.2) is 0 Å². The molecule has 0 N–H and O–H groups in total. The van der Waals surface area contributed by atoms with E-state index in [1.807, 2.05) is 80.5 Å². The summed E-state index contributed by atoms with van der Waals surface area (Å²) in [6, 6.07) is 8.79. The summed E-state index contributed by atoms with van der Waals surface area (Å²) in [6.07, 6.45) is 0. The van der Waals surface area contributed by atoms with Crippen LogP contribution in [-0.2, 0) is 41.9 Å². The van der Waals surface area contributed by atoms with Gasteiger partial charge in [-0.3, -0.25) is 0 Å². The molecule has 0 unspecified atom stereocenters. The molecular formula is C30H45F3O6S2. The maximum absolute atomic E-state index is 12.5. The van der Waals surface area contributed by atoms with Crippen LogP contribution in [0.2, 0.25) is 0 Å². The van der Waals surface area contributed by atoms with Crippen molar-refractivity contribution in [3.63, 3.8) is 0 Å². The van der Waals surface area contributed by atoms with Gasteiger partial charge >= 0.3 is 26.0 Å². The molecule has 0 fully saturated rings. The summed E-state index contributed by atoms with van der Waals surface area (Å²) in [5.41, 5.74) is 2.46. The van der Waals surface area contributed by atoms with Crippen molar-refractivity contribution < 1.29 is 38.4 Å². The number of benzene rings is 2. The van der Waals surface area contributed by atoms with Crippen LogP contribution in [0, 0.1) is 0 Å². The molecule has 0 aromatic heterocycles. The van der Waals surface area contributed by atoms with Crippen molar-refractivity contribution in [3.05, 3.63) is 58.7 Å². The lowest BCUT2D eigenvalue weighted by Crippen LogP contribution is -2.22. The monoisotopic (exact) mass is 622 g/mol. The number of halogens is 3. The van der Waals surface area contributed by atoms with Gasteiger partial charge in [-0.1, -0.05) is 107 Å². The normalized spacial score (nSPS) is 13.5. The Hall–Kier alpha value is -2.27. The molecule has 0 aliphatic carbocycles. The van der Waals surface area contributed by atoms with Gasteiger partial charge in [-0.2, -0.15) is 25.6 Å². The highest BCUT2D eigenvalue weighted by molar-refractivity contribution is 7.87. The number of hydrogen-bond acceptors (Lipinski definition) is 6. The summed E-state index contributed by atoms with van der Waals surface area (Å²) in [6.45, 7) is 23.8. The standard InChI is InChI=1S/C15H22F2O3S.C15H23FO3S/c1-14(2,3)10-7-8-12(11(9-10)15(4,5)6)20-21(18,19)13(16)17;1-14(2,3)11-7-8-13(19-20(17,18)10-16)12(9-11)15(4,5)6/h7-9,13H,1-6H3;7-9H,10H2,1-6H3. The fourth-order valence-electron chi connectivity index (χ4n) is 3.63. The first-order valence-corrected chi connectivity index (χ1v) is 16.2. The molecule has 0 saturated heterocycles. The van der Waals surface area contributed by atoms with Gasteiger partial charge in [-0.15, -0.1) is 0 Å². The Morgan fingerprint density at radius 3 is 1.22 bits per heavy atom. The highest BCUT2D eigenvalue weighted by atomic mass is 32.2. The highest BCUT2D eigenvalue weighted by Gasteiger charge is 2.31. The molecule has 0 spiro atoms. The van der Waals surface area contributed by atoms with Gasteiger partial charge in [-0.25, -0.2) is 4.39 Å². The van der Waals surface area contributed by atoms with Gasteiger partial charge in [0.1, 0.15) is 11.5 Å². The second kappa shape index (κ2) is 12.5. The molecule has 0 aliphatic rings. The first-order valence-electron chi connectivity index (χ1n) is 13.1. The average Bonchev–Trinajstić information content (AvgIpc) is 2.76. The quantitative estimate of drug-likeness (QED) is 0.303. The van der Waals surface area contributed by atoms with Crippen molar-refractivity contribution in [1.29, 1.82) is 0 Å². The van der Waals surface area contributed by atoms with Crippen molar-refractivity contribution in [2.75, 3.05) is 6.01 Å². The number of alkyl halides is 3. The minimum Gasteiger partial charge on any atom is -0.380 e. The van der Waals surface area contributed by atoms with Crippen molar-refractivity contribution >= 4 is 20.2 Å². The predicted octanol–water partition coefficient (Wildman–Crippen LogP) is 8.13. The van der Waals surface area contributed by atoms with E-state index in [-0.39, 0.29) is 27.7 Å². The summed E-state index contributed by atoms with van der Waals surface area (Å²) < 4.78 is 92.1. The molecule has 0 saturated carbocycles. The molecule has 0 amide bonds.